The Bertz CT molecular complexity index is 652. The van der Waals surface area contributed by atoms with Crippen LogP contribution < -0.4 is 4.74 Å². The van der Waals surface area contributed by atoms with Crippen molar-refractivity contribution in [1.82, 2.24) is 4.98 Å². The highest BCUT2D eigenvalue weighted by Gasteiger charge is 2.34. The van der Waals surface area contributed by atoms with E-state index < -0.39 is 24.0 Å². The highest BCUT2D eigenvalue weighted by molar-refractivity contribution is 6.35. The van der Waals surface area contributed by atoms with Crippen LogP contribution in [0.2, 0.25) is 5.02 Å². The van der Waals surface area contributed by atoms with E-state index in [2.05, 4.69) is 9.72 Å². The molecule has 0 saturated carbocycles. The van der Waals surface area contributed by atoms with Gasteiger partial charge < -0.3 is 4.74 Å². The quantitative estimate of drug-likeness (QED) is 0.705. The summed E-state index contributed by atoms with van der Waals surface area (Å²) in [5.41, 5.74) is -1.40. The number of halogens is 7. The number of pyridine rings is 1. The van der Waals surface area contributed by atoms with Gasteiger partial charge in [-0.3, -0.25) is 0 Å². The first-order valence-electron chi connectivity index (χ1n) is 4.99. The number of alkyl halides is 6. The van der Waals surface area contributed by atoms with Crippen LogP contribution in [0.3, 0.4) is 0 Å². The van der Waals surface area contributed by atoms with Gasteiger partial charge in [0.05, 0.1) is 10.5 Å². The first-order valence-corrected chi connectivity index (χ1v) is 5.37. The molecule has 0 fully saturated rings. The maximum atomic E-state index is 12.5. The van der Waals surface area contributed by atoms with E-state index in [4.69, 9.17) is 11.6 Å². The van der Waals surface area contributed by atoms with Crippen LogP contribution in [0.1, 0.15) is 5.69 Å². The van der Waals surface area contributed by atoms with Gasteiger partial charge in [-0.2, -0.15) is 13.2 Å². The van der Waals surface area contributed by atoms with Crippen LogP contribution in [0.15, 0.2) is 24.3 Å². The molecule has 2 aromatic rings. The number of fused-ring (bicyclic) bond motifs is 1. The number of benzene rings is 1. The fourth-order valence-electron chi connectivity index (χ4n) is 1.51. The van der Waals surface area contributed by atoms with Crippen molar-refractivity contribution in [3.05, 3.63) is 35.0 Å². The van der Waals surface area contributed by atoms with Gasteiger partial charge in [0.25, 0.3) is 0 Å². The first kappa shape index (κ1) is 14.7. The topological polar surface area (TPSA) is 22.1 Å². The average Bonchev–Trinajstić information content (AvgIpc) is 2.26. The SMILES string of the molecule is FC(F)(F)Oc1ccc2nc(C(F)(F)F)cc(Cl)c2c1. The molecule has 2 rings (SSSR count). The number of hydrogen-bond donors (Lipinski definition) is 0. The molecule has 0 saturated heterocycles. The predicted molar refractivity (Wildman–Crippen MR) is 58.4 cm³/mol. The molecule has 1 aromatic heterocycles. The fraction of sp³-hybridized carbons (Fsp3) is 0.182. The van der Waals surface area contributed by atoms with Crippen LogP contribution in [0.25, 0.3) is 10.9 Å². The largest absolute Gasteiger partial charge is 0.573 e. The van der Waals surface area contributed by atoms with Crippen molar-refractivity contribution in [2.24, 2.45) is 0 Å². The van der Waals surface area contributed by atoms with Gasteiger partial charge in [-0.1, -0.05) is 11.6 Å². The van der Waals surface area contributed by atoms with Crippen LogP contribution in [-0.2, 0) is 6.18 Å². The maximum Gasteiger partial charge on any atom is 0.573 e. The van der Waals surface area contributed by atoms with Crippen molar-refractivity contribution >= 4 is 22.5 Å². The molecule has 0 bridgehead atoms. The summed E-state index contributed by atoms with van der Waals surface area (Å²) < 4.78 is 77.3. The summed E-state index contributed by atoms with van der Waals surface area (Å²) in [5, 5.41) is -0.434. The Hall–Kier alpha value is -1.70. The third-order valence-corrected chi connectivity index (χ3v) is 2.57. The third-order valence-electron chi connectivity index (χ3n) is 2.25. The minimum absolute atomic E-state index is 0.0681. The van der Waals surface area contributed by atoms with Gasteiger partial charge in [-0.15, -0.1) is 13.2 Å². The molecule has 0 atom stereocenters. The van der Waals surface area contributed by atoms with Gasteiger partial charge in [-0.05, 0) is 24.3 Å². The summed E-state index contributed by atoms with van der Waals surface area (Å²) in [6.07, 6.45) is -9.60. The Morgan fingerprint density at radius 1 is 1.00 bits per heavy atom. The molecule has 9 heteroatoms. The smallest absolute Gasteiger partial charge is 0.406 e. The highest BCUT2D eigenvalue weighted by Crippen LogP contribution is 2.34. The number of aromatic nitrogens is 1. The zero-order valence-corrected chi connectivity index (χ0v) is 10.1. The molecule has 2 nitrogen and oxygen atoms in total. The highest BCUT2D eigenvalue weighted by atomic mass is 35.5. The lowest BCUT2D eigenvalue weighted by Crippen LogP contribution is -2.17. The Morgan fingerprint density at radius 2 is 1.65 bits per heavy atom. The second-order valence-corrected chi connectivity index (χ2v) is 4.12. The lowest BCUT2D eigenvalue weighted by Gasteiger charge is -2.11. The molecule has 0 aliphatic heterocycles. The Labute approximate surface area is 112 Å². The molecule has 0 unspecified atom stereocenters. The summed E-state index contributed by atoms with van der Waals surface area (Å²) >= 11 is 5.63. The zero-order valence-electron chi connectivity index (χ0n) is 9.31. The Balaban J connectivity index is 2.52. The lowest BCUT2D eigenvalue weighted by molar-refractivity contribution is -0.274. The summed E-state index contributed by atoms with van der Waals surface area (Å²) in [6.45, 7) is 0. The lowest BCUT2D eigenvalue weighted by atomic mass is 10.2. The Kier molecular flexibility index (Phi) is 3.45. The van der Waals surface area contributed by atoms with Gasteiger partial charge in [0, 0.05) is 5.39 Å². The minimum atomic E-state index is -4.90. The molecule has 0 spiro atoms. The summed E-state index contributed by atoms with van der Waals surface area (Å²) in [4.78, 5) is 3.30. The molecular formula is C11H4ClF6NO. The van der Waals surface area contributed by atoms with E-state index in [9.17, 15) is 26.3 Å². The minimum Gasteiger partial charge on any atom is -0.406 e. The van der Waals surface area contributed by atoms with E-state index >= 15 is 0 Å². The predicted octanol–water partition coefficient (Wildman–Crippen LogP) is 4.81. The molecule has 1 heterocycles. The number of rotatable bonds is 1. The van der Waals surface area contributed by atoms with E-state index in [1.165, 1.54) is 0 Å². The molecular weight excluding hydrogens is 312 g/mol. The normalized spacial score (nSPS) is 12.8. The van der Waals surface area contributed by atoms with E-state index in [0.717, 1.165) is 18.2 Å². The van der Waals surface area contributed by atoms with Crippen LogP contribution in [0.5, 0.6) is 5.75 Å². The van der Waals surface area contributed by atoms with Crippen molar-refractivity contribution in [3.8, 4) is 5.75 Å². The van der Waals surface area contributed by atoms with Crippen LogP contribution in [-0.4, -0.2) is 11.3 Å². The standard InChI is InChI=1S/C11H4ClF6NO/c12-7-4-9(10(13,14)15)19-8-2-1-5(3-6(7)8)20-11(16,17)18/h1-4H. The summed E-state index contributed by atoms with van der Waals surface area (Å²) in [5.74, 6) is -0.589. The van der Waals surface area contributed by atoms with Gasteiger partial charge in [0.15, 0.2) is 0 Å². The zero-order chi connectivity index (χ0) is 15.1. The van der Waals surface area contributed by atoms with Crippen molar-refractivity contribution < 1.29 is 31.1 Å². The average molecular weight is 316 g/mol. The van der Waals surface area contributed by atoms with Crippen LogP contribution in [0, 0.1) is 0 Å². The number of hydrogen-bond acceptors (Lipinski definition) is 2. The van der Waals surface area contributed by atoms with E-state index in [-0.39, 0.29) is 15.9 Å². The molecule has 0 aliphatic rings. The second kappa shape index (κ2) is 4.69. The Morgan fingerprint density at radius 3 is 2.20 bits per heavy atom. The number of ether oxygens (including phenoxy) is 1. The van der Waals surface area contributed by atoms with E-state index in [1.54, 1.807) is 0 Å². The number of nitrogens with zero attached hydrogens (tertiary/aromatic N) is 1. The van der Waals surface area contributed by atoms with Gasteiger partial charge >= 0.3 is 12.5 Å². The van der Waals surface area contributed by atoms with Crippen molar-refractivity contribution in [1.29, 1.82) is 0 Å². The van der Waals surface area contributed by atoms with Gasteiger partial charge in [0.2, 0.25) is 0 Å². The van der Waals surface area contributed by atoms with Crippen molar-refractivity contribution in [3.63, 3.8) is 0 Å². The molecule has 1 aromatic carbocycles. The van der Waals surface area contributed by atoms with Crippen molar-refractivity contribution in [2.45, 2.75) is 12.5 Å². The van der Waals surface area contributed by atoms with Crippen LogP contribution in [0.4, 0.5) is 26.3 Å². The molecule has 0 radical (unpaired) electrons. The molecule has 0 aliphatic carbocycles. The van der Waals surface area contributed by atoms with Crippen molar-refractivity contribution in [2.75, 3.05) is 0 Å². The summed E-state index contributed by atoms with van der Waals surface area (Å²) in [7, 11) is 0. The van der Waals surface area contributed by atoms with E-state index in [0.29, 0.717) is 6.07 Å². The summed E-state index contributed by atoms with van der Waals surface area (Å²) in [6, 6.07) is 3.25. The molecule has 108 valence electrons. The molecule has 0 N–H and O–H groups in total. The molecule has 0 amide bonds. The van der Waals surface area contributed by atoms with Gasteiger partial charge in [-0.25, -0.2) is 4.98 Å². The van der Waals surface area contributed by atoms with Gasteiger partial charge in [0.1, 0.15) is 11.4 Å². The van der Waals surface area contributed by atoms with Crippen LogP contribution >= 0.6 is 11.6 Å². The third kappa shape index (κ3) is 3.24. The molecule has 20 heavy (non-hydrogen) atoms. The second-order valence-electron chi connectivity index (χ2n) is 3.71. The fourth-order valence-corrected chi connectivity index (χ4v) is 1.76. The monoisotopic (exact) mass is 315 g/mol. The van der Waals surface area contributed by atoms with E-state index in [1.807, 2.05) is 0 Å². The first-order chi connectivity index (χ1) is 9.06. The maximum absolute atomic E-state index is 12.5.